The Morgan fingerprint density at radius 1 is 1.05 bits per heavy atom. The lowest BCUT2D eigenvalue weighted by Crippen LogP contribution is -2.38. The Balaban J connectivity index is 1.34. The second-order valence-corrected chi connectivity index (χ2v) is 12.5. The van der Waals surface area contributed by atoms with Crippen molar-refractivity contribution in [2.75, 3.05) is 18.4 Å². The minimum atomic E-state index is -3.84. The number of anilines is 2. The number of likely N-dealkylation sites (tertiary alicyclic amines) is 1. The van der Waals surface area contributed by atoms with E-state index in [-0.39, 0.29) is 45.6 Å². The van der Waals surface area contributed by atoms with Gasteiger partial charge < -0.3 is 10.2 Å². The second-order valence-electron chi connectivity index (χ2n) is 10.4. The van der Waals surface area contributed by atoms with E-state index in [9.17, 15) is 17.6 Å². The standard InChI is InChI=1S/C28H28ClFN6O3S/c1-17-2-9-23(29)24(14-17)33-26-22(15-31-27-25(16-32-36(26)27)40(38,39)34-21-7-8-21)28(37)35-12-10-19(11-13-35)18-3-5-20(30)6-4-18/h2-6,9,14-16,19,21,33-34H,7-8,10-13H2,1H3. The minimum absolute atomic E-state index is 0.0584. The van der Waals surface area contributed by atoms with Crippen LogP contribution in [-0.2, 0) is 10.0 Å². The third kappa shape index (κ3) is 5.28. The minimum Gasteiger partial charge on any atom is -0.338 e. The number of piperidine rings is 1. The number of sulfonamides is 1. The number of hydrogen-bond acceptors (Lipinski definition) is 6. The molecule has 2 N–H and O–H groups in total. The van der Waals surface area contributed by atoms with E-state index in [0.717, 1.165) is 36.8 Å². The number of rotatable bonds is 7. The first-order chi connectivity index (χ1) is 19.2. The van der Waals surface area contributed by atoms with Crippen molar-refractivity contribution in [1.82, 2.24) is 24.2 Å². The predicted octanol–water partition coefficient (Wildman–Crippen LogP) is 5.03. The molecule has 0 bridgehead atoms. The average Bonchev–Trinajstić information content (AvgIpc) is 3.63. The van der Waals surface area contributed by atoms with Gasteiger partial charge in [-0.25, -0.2) is 22.5 Å². The van der Waals surface area contributed by atoms with Gasteiger partial charge in [0.2, 0.25) is 10.0 Å². The summed E-state index contributed by atoms with van der Waals surface area (Å²) in [6.07, 6.45) is 5.70. The van der Waals surface area contributed by atoms with Gasteiger partial charge >= 0.3 is 0 Å². The van der Waals surface area contributed by atoms with Gasteiger partial charge in [0, 0.05) is 25.3 Å². The van der Waals surface area contributed by atoms with Crippen LogP contribution in [0.5, 0.6) is 0 Å². The van der Waals surface area contributed by atoms with Crippen molar-refractivity contribution >= 4 is 44.7 Å². The number of benzene rings is 2. The van der Waals surface area contributed by atoms with Crippen molar-refractivity contribution in [1.29, 1.82) is 0 Å². The summed E-state index contributed by atoms with van der Waals surface area (Å²) in [4.78, 5) is 19.9. The molecule has 0 radical (unpaired) electrons. The van der Waals surface area contributed by atoms with Gasteiger partial charge in [0.25, 0.3) is 5.91 Å². The van der Waals surface area contributed by atoms with E-state index in [2.05, 4.69) is 20.1 Å². The number of carbonyl (C=O) groups excluding carboxylic acids is 1. The van der Waals surface area contributed by atoms with Crippen LogP contribution in [0.2, 0.25) is 5.02 Å². The van der Waals surface area contributed by atoms with Crippen molar-refractivity contribution in [3.63, 3.8) is 0 Å². The van der Waals surface area contributed by atoms with Gasteiger partial charge in [0.15, 0.2) is 5.65 Å². The molecule has 0 spiro atoms. The van der Waals surface area contributed by atoms with Gasteiger partial charge in [-0.15, -0.1) is 0 Å². The topological polar surface area (TPSA) is 109 Å². The average molecular weight is 583 g/mol. The van der Waals surface area contributed by atoms with Gasteiger partial charge in [-0.1, -0.05) is 29.8 Å². The molecule has 1 aliphatic heterocycles. The first-order valence-corrected chi connectivity index (χ1v) is 15.0. The van der Waals surface area contributed by atoms with E-state index in [1.165, 1.54) is 29.0 Å². The Morgan fingerprint density at radius 2 is 1.77 bits per heavy atom. The highest BCUT2D eigenvalue weighted by atomic mass is 35.5. The summed E-state index contributed by atoms with van der Waals surface area (Å²) >= 11 is 6.47. The molecule has 1 saturated heterocycles. The maximum absolute atomic E-state index is 13.8. The molecule has 1 amide bonds. The van der Waals surface area contributed by atoms with Gasteiger partial charge in [0.05, 0.1) is 16.9 Å². The summed E-state index contributed by atoms with van der Waals surface area (Å²) in [5, 5.41) is 8.00. The van der Waals surface area contributed by atoms with Gasteiger partial charge in [-0.05, 0) is 73.9 Å². The number of aryl methyl sites for hydroxylation is 1. The van der Waals surface area contributed by atoms with E-state index in [0.29, 0.717) is 23.8 Å². The fourth-order valence-electron chi connectivity index (χ4n) is 5.04. The number of nitrogens with one attached hydrogen (secondary N) is 2. The van der Waals surface area contributed by atoms with E-state index in [1.807, 2.05) is 19.1 Å². The van der Waals surface area contributed by atoms with E-state index >= 15 is 0 Å². The number of carbonyl (C=O) groups is 1. The van der Waals surface area contributed by atoms with E-state index < -0.39 is 10.0 Å². The van der Waals surface area contributed by atoms with Crippen LogP contribution in [0.1, 0.15) is 53.1 Å². The molecule has 2 aliphatic rings. The lowest BCUT2D eigenvalue weighted by Gasteiger charge is -2.32. The normalized spacial score (nSPS) is 16.4. The highest BCUT2D eigenvalue weighted by molar-refractivity contribution is 7.89. The molecule has 0 atom stereocenters. The van der Waals surface area contributed by atoms with Gasteiger partial charge in [-0.2, -0.15) is 9.61 Å². The highest BCUT2D eigenvalue weighted by Gasteiger charge is 2.32. The molecule has 1 saturated carbocycles. The monoisotopic (exact) mass is 582 g/mol. The summed E-state index contributed by atoms with van der Waals surface area (Å²) in [7, 11) is -3.84. The molecule has 2 aromatic carbocycles. The number of nitrogens with zero attached hydrogens (tertiary/aromatic N) is 4. The maximum Gasteiger partial charge on any atom is 0.259 e. The molecule has 4 aromatic rings. The zero-order chi connectivity index (χ0) is 28.0. The quantitative estimate of drug-likeness (QED) is 0.316. The number of hydrogen-bond donors (Lipinski definition) is 2. The van der Waals surface area contributed by atoms with Crippen LogP contribution >= 0.6 is 11.6 Å². The highest BCUT2D eigenvalue weighted by Crippen LogP contribution is 2.33. The Hall–Kier alpha value is -3.54. The SMILES string of the molecule is Cc1ccc(Cl)c(Nc2c(C(=O)N3CCC(c4ccc(F)cc4)CC3)cnc3c(S(=O)(=O)NC4CC4)cnn23)c1. The Bertz CT molecular complexity index is 1700. The lowest BCUT2D eigenvalue weighted by atomic mass is 9.89. The Morgan fingerprint density at radius 3 is 2.48 bits per heavy atom. The van der Waals surface area contributed by atoms with Gasteiger partial charge in [0.1, 0.15) is 22.1 Å². The molecule has 9 nitrogen and oxygen atoms in total. The van der Waals surface area contributed by atoms with Crippen molar-refractivity contribution in [3.05, 3.63) is 82.4 Å². The lowest BCUT2D eigenvalue weighted by molar-refractivity contribution is 0.0713. The molecule has 40 heavy (non-hydrogen) atoms. The largest absolute Gasteiger partial charge is 0.338 e. The molecule has 6 rings (SSSR count). The molecule has 12 heteroatoms. The molecular weight excluding hydrogens is 555 g/mol. The van der Waals surface area contributed by atoms with E-state index in [1.54, 1.807) is 23.1 Å². The number of aromatic nitrogens is 3. The molecule has 3 heterocycles. The first kappa shape index (κ1) is 26.7. The summed E-state index contributed by atoms with van der Waals surface area (Å²) in [5.74, 6) is -0.0250. The number of halogens is 2. The summed E-state index contributed by atoms with van der Waals surface area (Å²) in [5.41, 5.74) is 2.90. The molecule has 2 aromatic heterocycles. The summed E-state index contributed by atoms with van der Waals surface area (Å²) in [6, 6.07) is 11.9. The smallest absolute Gasteiger partial charge is 0.259 e. The van der Waals surface area contributed by atoms with Crippen molar-refractivity contribution in [2.45, 2.75) is 49.5 Å². The van der Waals surface area contributed by atoms with Gasteiger partial charge in [-0.3, -0.25) is 4.79 Å². The Labute approximate surface area is 236 Å². The summed E-state index contributed by atoms with van der Waals surface area (Å²) in [6.45, 7) is 2.93. The van der Waals surface area contributed by atoms with Crippen LogP contribution in [-0.4, -0.2) is 53.0 Å². The molecule has 208 valence electrons. The summed E-state index contributed by atoms with van der Waals surface area (Å²) < 4.78 is 43.4. The van der Waals surface area contributed by atoms with Crippen LogP contribution in [0.3, 0.4) is 0 Å². The number of amides is 1. The first-order valence-electron chi connectivity index (χ1n) is 13.2. The molecule has 2 fully saturated rings. The molecular formula is C28H28ClFN6O3S. The molecule has 1 aliphatic carbocycles. The van der Waals surface area contributed by atoms with Crippen molar-refractivity contribution < 1.29 is 17.6 Å². The number of fused-ring (bicyclic) bond motifs is 1. The fraction of sp³-hybridized carbons (Fsp3) is 0.321. The van der Waals surface area contributed by atoms with Crippen LogP contribution in [0.25, 0.3) is 5.65 Å². The fourth-order valence-corrected chi connectivity index (χ4v) is 6.58. The predicted molar refractivity (Wildman–Crippen MR) is 150 cm³/mol. The van der Waals surface area contributed by atoms with Crippen molar-refractivity contribution in [3.8, 4) is 0 Å². The second kappa shape index (κ2) is 10.5. The van der Waals surface area contributed by atoms with Crippen molar-refractivity contribution in [2.24, 2.45) is 0 Å². The van der Waals surface area contributed by atoms with Crippen LogP contribution in [0.15, 0.2) is 59.8 Å². The van der Waals surface area contributed by atoms with Crippen LogP contribution in [0.4, 0.5) is 15.9 Å². The Kier molecular flexibility index (Phi) is 6.97. The third-order valence-corrected chi connectivity index (χ3v) is 9.25. The maximum atomic E-state index is 13.8. The zero-order valence-corrected chi connectivity index (χ0v) is 23.3. The van der Waals surface area contributed by atoms with E-state index in [4.69, 9.17) is 11.6 Å². The third-order valence-electron chi connectivity index (χ3n) is 7.41. The molecule has 0 unspecified atom stereocenters. The zero-order valence-electron chi connectivity index (χ0n) is 21.8. The van der Waals surface area contributed by atoms with Crippen LogP contribution in [0, 0.1) is 12.7 Å². The van der Waals surface area contributed by atoms with Crippen LogP contribution < -0.4 is 10.0 Å².